The highest BCUT2D eigenvalue weighted by atomic mass is 16.1. The molecule has 1 aromatic carbocycles. The van der Waals surface area contributed by atoms with E-state index in [-0.39, 0.29) is 5.91 Å². The lowest BCUT2D eigenvalue weighted by molar-refractivity contribution is 0.102. The van der Waals surface area contributed by atoms with Crippen LogP contribution < -0.4 is 5.32 Å². The number of rotatable bonds is 4. The maximum atomic E-state index is 13.0. The maximum Gasteiger partial charge on any atom is 0.276 e. The summed E-state index contributed by atoms with van der Waals surface area (Å²) in [5.41, 5.74) is 4.01. The number of nitrogens with zero attached hydrogens (tertiary/aromatic N) is 3. The first-order chi connectivity index (χ1) is 13.8. The number of amides is 1. The van der Waals surface area contributed by atoms with Crippen LogP contribution in [0.2, 0.25) is 0 Å². The standard InChI is InChI=1S/C22H17N5O/c28-22(25-17-6-7-18-16(13-17)8-10-24-18)21-19-5-1-2-11-27(19)20(26-21)12-15-4-3-9-23-14-15/h1-11,13-14,24H,12H2,(H,25,28). The van der Waals surface area contributed by atoms with Crippen LogP contribution in [0.15, 0.2) is 79.4 Å². The molecule has 5 rings (SSSR count). The van der Waals surface area contributed by atoms with E-state index in [2.05, 4.69) is 20.3 Å². The van der Waals surface area contributed by atoms with E-state index in [9.17, 15) is 4.79 Å². The number of hydrogen-bond acceptors (Lipinski definition) is 3. The van der Waals surface area contributed by atoms with Gasteiger partial charge in [0.25, 0.3) is 5.91 Å². The topological polar surface area (TPSA) is 75.1 Å². The summed E-state index contributed by atoms with van der Waals surface area (Å²) >= 11 is 0. The Bertz CT molecular complexity index is 1290. The fourth-order valence-electron chi connectivity index (χ4n) is 3.40. The average molecular weight is 367 g/mol. The van der Waals surface area contributed by atoms with Gasteiger partial charge >= 0.3 is 0 Å². The SMILES string of the molecule is O=C(Nc1ccc2[nH]ccc2c1)c1nc(Cc2cccnc2)n2ccccc12. The summed E-state index contributed by atoms with van der Waals surface area (Å²) in [6.45, 7) is 0. The smallest absolute Gasteiger partial charge is 0.276 e. The Morgan fingerprint density at radius 2 is 2.07 bits per heavy atom. The zero-order valence-electron chi connectivity index (χ0n) is 15.0. The third-order valence-electron chi connectivity index (χ3n) is 4.73. The highest BCUT2D eigenvalue weighted by molar-refractivity contribution is 6.08. The molecule has 1 amide bonds. The molecule has 4 heterocycles. The highest BCUT2D eigenvalue weighted by Gasteiger charge is 2.18. The summed E-state index contributed by atoms with van der Waals surface area (Å²) in [6.07, 6.45) is 7.96. The Morgan fingerprint density at radius 1 is 1.11 bits per heavy atom. The van der Waals surface area contributed by atoms with Crippen molar-refractivity contribution >= 4 is 28.0 Å². The van der Waals surface area contributed by atoms with Crippen LogP contribution in [0.3, 0.4) is 0 Å². The number of nitrogens with one attached hydrogen (secondary N) is 2. The van der Waals surface area contributed by atoms with Crippen molar-refractivity contribution in [3.63, 3.8) is 0 Å². The van der Waals surface area contributed by atoms with Gasteiger partial charge < -0.3 is 14.7 Å². The molecule has 4 aromatic heterocycles. The van der Waals surface area contributed by atoms with Gasteiger partial charge in [-0.05, 0) is 48.0 Å². The van der Waals surface area contributed by atoms with Crippen LogP contribution in [-0.2, 0) is 6.42 Å². The summed E-state index contributed by atoms with van der Waals surface area (Å²) in [7, 11) is 0. The Morgan fingerprint density at radius 3 is 2.96 bits per heavy atom. The van der Waals surface area contributed by atoms with E-state index in [1.807, 2.05) is 77.6 Å². The van der Waals surface area contributed by atoms with Crippen LogP contribution in [-0.4, -0.2) is 25.3 Å². The Labute approximate surface area is 160 Å². The molecule has 136 valence electrons. The number of fused-ring (bicyclic) bond motifs is 2. The van der Waals surface area contributed by atoms with Crippen LogP contribution in [0.25, 0.3) is 16.4 Å². The quantitative estimate of drug-likeness (QED) is 0.503. The molecule has 0 saturated heterocycles. The second-order valence-electron chi connectivity index (χ2n) is 6.60. The zero-order valence-corrected chi connectivity index (χ0v) is 15.0. The number of carbonyl (C=O) groups is 1. The van der Waals surface area contributed by atoms with Gasteiger partial charge in [0.05, 0.1) is 5.52 Å². The van der Waals surface area contributed by atoms with Crippen molar-refractivity contribution in [1.82, 2.24) is 19.4 Å². The molecule has 2 N–H and O–H groups in total. The highest BCUT2D eigenvalue weighted by Crippen LogP contribution is 2.20. The number of aromatic nitrogens is 4. The molecule has 28 heavy (non-hydrogen) atoms. The van der Waals surface area contributed by atoms with Gasteiger partial charge in [-0.15, -0.1) is 0 Å². The van der Waals surface area contributed by atoms with E-state index < -0.39 is 0 Å². The molecular weight excluding hydrogens is 350 g/mol. The predicted molar refractivity (Wildman–Crippen MR) is 108 cm³/mol. The molecule has 0 bridgehead atoms. The fourth-order valence-corrected chi connectivity index (χ4v) is 3.40. The van der Waals surface area contributed by atoms with Crippen molar-refractivity contribution in [2.75, 3.05) is 5.32 Å². The van der Waals surface area contributed by atoms with Gasteiger partial charge in [0.15, 0.2) is 5.69 Å². The third-order valence-corrected chi connectivity index (χ3v) is 4.73. The van der Waals surface area contributed by atoms with Crippen molar-refractivity contribution in [2.45, 2.75) is 6.42 Å². The molecule has 0 saturated carbocycles. The fraction of sp³-hybridized carbons (Fsp3) is 0.0455. The number of carbonyl (C=O) groups excluding carboxylic acids is 1. The lowest BCUT2D eigenvalue weighted by Gasteiger charge is -2.04. The monoisotopic (exact) mass is 367 g/mol. The van der Waals surface area contributed by atoms with Crippen LogP contribution in [0.5, 0.6) is 0 Å². The average Bonchev–Trinajstić information content (AvgIpc) is 3.33. The molecule has 0 aliphatic rings. The Hall–Kier alpha value is -3.93. The lowest BCUT2D eigenvalue weighted by atomic mass is 10.2. The van der Waals surface area contributed by atoms with E-state index in [0.717, 1.165) is 33.5 Å². The van der Waals surface area contributed by atoms with Crippen LogP contribution in [0, 0.1) is 0 Å². The van der Waals surface area contributed by atoms with Gasteiger partial charge in [-0.2, -0.15) is 0 Å². The van der Waals surface area contributed by atoms with E-state index in [1.54, 1.807) is 6.20 Å². The first kappa shape index (κ1) is 16.3. The summed E-state index contributed by atoms with van der Waals surface area (Å²) in [6, 6.07) is 17.4. The summed E-state index contributed by atoms with van der Waals surface area (Å²) in [4.78, 5) is 24.9. The predicted octanol–water partition coefficient (Wildman–Crippen LogP) is 4.05. The van der Waals surface area contributed by atoms with Crippen molar-refractivity contribution in [3.8, 4) is 0 Å². The molecule has 6 heteroatoms. The number of imidazole rings is 1. The van der Waals surface area contributed by atoms with E-state index in [0.29, 0.717) is 12.1 Å². The first-order valence-electron chi connectivity index (χ1n) is 9.01. The number of benzene rings is 1. The largest absolute Gasteiger partial charge is 0.361 e. The molecule has 0 atom stereocenters. The molecular formula is C22H17N5O. The summed E-state index contributed by atoms with van der Waals surface area (Å²) in [5.74, 6) is 0.575. The van der Waals surface area contributed by atoms with E-state index in [1.165, 1.54) is 0 Å². The van der Waals surface area contributed by atoms with Crippen LogP contribution >= 0.6 is 0 Å². The third kappa shape index (κ3) is 2.91. The second-order valence-corrected chi connectivity index (χ2v) is 6.60. The molecule has 5 aromatic rings. The number of aromatic amines is 1. The molecule has 0 radical (unpaired) electrons. The normalized spacial score (nSPS) is 11.1. The number of H-pyrrole nitrogens is 1. The van der Waals surface area contributed by atoms with Gasteiger partial charge in [0, 0.05) is 47.8 Å². The van der Waals surface area contributed by atoms with Crippen LogP contribution in [0.1, 0.15) is 21.9 Å². The number of hydrogen-bond donors (Lipinski definition) is 2. The number of anilines is 1. The van der Waals surface area contributed by atoms with Crippen molar-refractivity contribution < 1.29 is 4.79 Å². The zero-order chi connectivity index (χ0) is 18.9. The molecule has 0 aliphatic heterocycles. The first-order valence-corrected chi connectivity index (χ1v) is 9.01. The molecule has 0 aliphatic carbocycles. The van der Waals surface area contributed by atoms with Crippen LogP contribution in [0.4, 0.5) is 5.69 Å². The van der Waals surface area contributed by atoms with Gasteiger partial charge in [0.2, 0.25) is 0 Å². The van der Waals surface area contributed by atoms with Gasteiger partial charge in [0.1, 0.15) is 5.82 Å². The number of pyridine rings is 2. The summed E-state index contributed by atoms with van der Waals surface area (Å²) in [5, 5.41) is 4.01. The molecule has 0 unspecified atom stereocenters. The Kier molecular flexibility index (Phi) is 3.87. The molecule has 0 spiro atoms. The maximum absolute atomic E-state index is 13.0. The van der Waals surface area contributed by atoms with Gasteiger partial charge in [-0.25, -0.2) is 4.98 Å². The van der Waals surface area contributed by atoms with Gasteiger partial charge in [-0.3, -0.25) is 9.78 Å². The van der Waals surface area contributed by atoms with Gasteiger partial charge in [-0.1, -0.05) is 12.1 Å². The molecule has 0 fully saturated rings. The van der Waals surface area contributed by atoms with Crippen molar-refractivity contribution in [3.05, 3.63) is 96.5 Å². The minimum atomic E-state index is -0.226. The molecule has 6 nitrogen and oxygen atoms in total. The lowest BCUT2D eigenvalue weighted by Crippen LogP contribution is -2.12. The second kappa shape index (κ2) is 6.66. The van der Waals surface area contributed by atoms with E-state index >= 15 is 0 Å². The minimum absolute atomic E-state index is 0.226. The summed E-state index contributed by atoms with van der Waals surface area (Å²) < 4.78 is 1.96. The minimum Gasteiger partial charge on any atom is -0.361 e. The Balaban J connectivity index is 1.50. The van der Waals surface area contributed by atoms with Crippen molar-refractivity contribution in [2.24, 2.45) is 0 Å². The van der Waals surface area contributed by atoms with E-state index in [4.69, 9.17) is 0 Å². The van der Waals surface area contributed by atoms with Crippen molar-refractivity contribution in [1.29, 1.82) is 0 Å².